The first kappa shape index (κ1) is 26.1. The quantitative estimate of drug-likeness (QED) is 0.137. The lowest BCUT2D eigenvalue weighted by molar-refractivity contribution is -0.142. The van der Waals surface area contributed by atoms with Crippen molar-refractivity contribution in [3.05, 3.63) is 40.7 Å². The maximum atomic E-state index is 11.0. The summed E-state index contributed by atoms with van der Waals surface area (Å²) in [6.07, 6.45) is 7.02. The molecule has 0 bridgehead atoms. The Morgan fingerprint density at radius 1 is 1.29 bits per heavy atom. The predicted molar refractivity (Wildman–Crippen MR) is 124 cm³/mol. The van der Waals surface area contributed by atoms with Gasteiger partial charge in [0.25, 0.3) is 0 Å². The van der Waals surface area contributed by atoms with Crippen molar-refractivity contribution in [3.8, 4) is 0 Å². The number of aliphatic hydroxyl groups is 1. The van der Waals surface area contributed by atoms with Crippen LogP contribution in [0.5, 0.6) is 0 Å². The van der Waals surface area contributed by atoms with E-state index in [1.807, 2.05) is 18.2 Å². The monoisotopic (exact) mass is 535 g/mol. The third kappa shape index (κ3) is 8.37. The number of pyridine rings is 1. The first-order valence-corrected chi connectivity index (χ1v) is 12.0. The van der Waals surface area contributed by atoms with E-state index in [4.69, 9.17) is 33.0 Å². The number of carbonyl (C=O) groups excluding carboxylic acids is 1. The van der Waals surface area contributed by atoms with E-state index in [0.29, 0.717) is 36.5 Å². The van der Waals surface area contributed by atoms with Crippen molar-refractivity contribution in [3.63, 3.8) is 0 Å². The molecule has 3 unspecified atom stereocenters. The third-order valence-corrected chi connectivity index (χ3v) is 7.67. The number of carbonyl (C=O) groups is 2. The number of carboxylic acid groups (broad SMARTS) is 1. The van der Waals surface area contributed by atoms with Gasteiger partial charge < -0.3 is 14.9 Å². The number of aliphatic carboxylic acids is 1. The predicted octanol–water partition coefficient (Wildman–Crippen LogP) is 4.91. The molecule has 0 radical (unpaired) electrons. The molecule has 6 nitrogen and oxygen atoms in total. The van der Waals surface area contributed by atoms with Gasteiger partial charge in [0.2, 0.25) is 0 Å². The summed E-state index contributed by atoms with van der Waals surface area (Å²) in [7, 11) is 0. The lowest BCUT2D eigenvalue weighted by Crippen LogP contribution is -2.23. The molecule has 5 atom stereocenters. The third-order valence-electron chi connectivity index (χ3n) is 5.46. The Morgan fingerprint density at radius 2 is 2.03 bits per heavy atom. The summed E-state index contributed by atoms with van der Waals surface area (Å²) in [5.41, 5.74) is 1.56. The Labute approximate surface area is 201 Å². The second kappa shape index (κ2) is 12.8. The number of halogens is 3. The number of hydrogen-bond donors (Lipinski definition) is 2. The number of rotatable bonds is 11. The standard InChI is InChI=1S/C22H28BrCl2NO5/c1-13(27)31-12-15-10-14(11-18(24)26-15)8-9-16-17(22(30)20(23)21(16)25)6-4-2-3-5-7-19(28)29/h2,4,10-11,16-17,20-22,30H,3,5-9,12H2,1H3,(H,28,29)/b4-2-/t16-,17-,20?,21?,22?/m1/s1. The zero-order chi connectivity index (χ0) is 23.0. The van der Waals surface area contributed by atoms with Gasteiger partial charge in [0.05, 0.1) is 22.0 Å². The Balaban J connectivity index is 1.98. The van der Waals surface area contributed by atoms with Crippen LogP contribution in [-0.2, 0) is 27.4 Å². The molecule has 0 aromatic carbocycles. The fourth-order valence-electron chi connectivity index (χ4n) is 3.92. The zero-order valence-corrected chi connectivity index (χ0v) is 20.4. The van der Waals surface area contributed by atoms with Gasteiger partial charge in [-0.15, -0.1) is 11.6 Å². The number of ether oxygens (including phenoxy) is 1. The summed E-state index contributed by atoms with van der Waals surface area (Å²) < 4.78 is 5.00. The van der Waals surface area contributed by atoms with Crippen LogP contribution in [0, 0.1) is 11.8 Å². The Bertz CT molecular complexity index is 791. The number of esters is 1. The maximum absolute atomic E-state index is 11.0. The molecule has 9 heteroatoms. The van der Waals surface area contributed by atoms with Crippen LogP contribution in [0.4, 0.5) is 0 Å². The minimum atomic E-state index is -0.793. The molecule has 2 N–H and O–H groups in total. The molecule has 1 saturated carbocycles. The van der Waals surface area contributed by atoms with Crippen molar-refractivity contribution in [1.29, 1.82) is 0 Å². The van der Waals surface area contributed by atoms with E-state index >= 15 is 0 Å². The fraction of sp³-hybridized carbons (Fsp3) is 0.591. The van der Waals surface area contributed by atoms with Crippen molar-refractivity contribution in [2.24, 2.45) is 11.8 Å². The summed E-state index contributed by atoms with van der Waals surface area (Å²) in [5, 5.41) is 19.5. The number of alkyl halides is 2. The van der Waals surface area contributed by atoms with Crippen LogP contribution in [0.1, 0.15) is 50.3 Å². The average Bonchev–Trinajstić information content (AvgIpc) is 2.90. The molecule has 1 heterocycles. The van der Waals surface area contributed by atoms with Crippen molar-refractivity contribution in [1.82, 2.24) is 4.98 Å². The summed E-state index contributed by atoms with van der Waals surface area (Å²) in [6.45, 7) is 1.41. The number of aliphatic hydroxyl groups excluding tert-OH is 1. The molecular weight excluding hydrogens is 509 g/mol. The van der Waals surface area contributed by atoms with E-state index in [1.165, 1.54) is 6.92 Å². The second-order valence-electron chi connectivity index (χ2n) is 7.81. The molecule has 2 rings (SSSR count). The molecule has 31 heavy (non-hydrogen) atoms. The SMILES string of the molecule is CC(=O)OCc1cc(CC[C@H]2C(Cl)C(Br)C(O)[C@@H]2C/C=C\CCCC(=O)O)cc(Cl)n1. The van der Waals surface area contributed by atoms with Crippen LogP contribution in [0.2, 0.25) is 5.15 Å². The summed E-state index contributed by atoms with van der Waals surface area (Å²) in [5.74, 6) is -1.08. The van der Waals surface area contributed by atoms with Gasteiger partial charge in [0.15, 0.2) is 0 Å². The summed E-state index contributed by atoms with van der Waals surface area (Å²) in [4.78, 5) is 25.6. The number of carboxylic acids is 1. The lowest BCUT2D eigenvalue weighted by atomic mass is 9.86. The van der Waals surface area contributed by atoms with E-state index in [9.17, 15) is 14.7 Å². The van der Waals surface area contributed by atoms with Crippen molar-refractivity contribution < 1.29 is 24.5 Å². The highest BCUT2D eigenvalue weighted by molar-refractivity contribution is 9.09. The van der Waals surface area contributed by atoms with Gasteiger partial charge in [-0.3, -0.25) is 9.59 Å². The topological polar surface area (TPSA) is 96.7 Å². The van der Waals surface area contributed by atoms with Gasteiger partial charge in [-0.05, 0) is 61.6 Å². The van der Waals surface area contributed by atoms with Gasteiger partial charge in [-0.1, -0.05) is 39.7 Å². The van der Waals surface area contributed by atoms with E-state index in [1.54, 1.807) is 6.07 Å². The number of hydrogen-bond acceptors (Lipinski definition) is 5. The van der Waals surface area contributed by atoms with Gasteiger partial charge in [-0.25, -0.2) is 4.98 Å². The molecule has 1 aromatic rings. The average molecular weight is 537 g/mol. The smallest absolute Gasteiger partial charge is 0.303 e. The molecule has 0 spiro atoms. The summed E-state index contributed by atoms with van der Waals surface area (Å²) in [6, 6.07) is 3.66. The Kier molecular flexibility index (Phi) is 10.8. The molecule has 1 fully saturated rings. The van der Waals surface area contributed by atoms with Crippen LogP contribution in [0.15, 0.2) is 24.3 Å². The van der Waals surface area contributed by atoms with E-state index < -0.39 is 12.1 Å². The normalized spacial score (nSPS) is 25.8. The van der Waals surface area contributed by atoms with Gasteiger partial charge >= 0.3 is 11.9 Å². The Morgan fingerprint density at radius 3 is 2.71 bits per heavy atom. The fourth-order valence-corrected chi connectivity index (χ4v) is 5.41. The van der Waals surface area contributed by atoms with Gasteiger partial charge in [-0.2, -0.15) is 0 Å². The van der Waals surface area contributed by atoms with E-state index in [-0.39, 0.29) is 41.0 Å². The molecule has 0 amide bonds. The molecule has 1 aromatic heterocycles. The van der Waals surface area contributed by atoms with Gasteiger partial charge in [0.1, 0.15) is 11.8 Å². The first-order valence-electron chi connectivity index (χ1n) is 10.3. The van der Waals surface area contributed by atoms with Crippen LogP contribution in [-0.4, -0.2) is 43.4 Å². The molecule has 0 aliphatic heterocycles. The number of allylic oxidation sites excluding steroid dienone is 2. The summed E-state index contributed by atoms with van der Waals surface area (Å²) >= 11 is 16.3. The number of nitrogens with zero attached hydrogens (tertiary/aromatic N) is 1. The van der Waals surface area contributed by atoms with Crippen LogP contribution in [0.25, 0.3) is 0 Å². The van der Waals surface area contributed by atoms with Crippen molar-refractivity contribution >= 4 is 51.1 Å². The maximum Gasteiger partial charge on any atom is 0.303 e. The highest BCUT2D eigenvalue weighted by atomic mass is 79.9. The second-order valence-corrected chi connectivity index (χ2v) is 9.76. The van der Waals surface area contributed by atoms with Crippen LogP contribution < -0.4 is 0 Å². The minimum Gasteiger partial charge on any atom is -0.481 e. The van der Waals surface area contributed by atoms with Gasteiger partial charge in [0, 0.05) is 13.3 Å². The first-order chi connectivity index (χ1) is 14.7. The lowest BCUT2D eigenvalue weighted by Gasteiger charge is -2.22. The molecule has 172 valence electrons. The minimum absolute atomic E-state index is 0.000393. The number of unbranched alkanes of at least 4 members (excludes halogenated alkanes) is 1. The number of aryl methyl sites for hydroxylation is 1. The van der Waals surface area contributed by atoms with E-state index in [2.05, 4.69) is 20.9 Å². The van der Waals surface area contributed by atoms with Crippen molar-refractivity contribution in [2.45, 2.75) is 68.4 Å². The zero-order valence-electron chi connectivity index (χ0n) is 17.3. The highest BCUT2D eigenvalue weighted by Crippen LogP contribution is 2.44. The van der Waals surface area contributed by atoms with Crippen molar-refractivity contribution in [2.75, 3.05) is 0 Å². The number of aromatic nitrogens is 1. The van der Waals surface area contributed by atoms with Crippen LogP contribution >= 0.6 is 39.1 Å². The Hall–Kier alpha value is -1.15. The molecule has 1 aliphatic carbocycles. The van der Waals surface area contributed by atoms with E-state index in [0.717, 1.165) is 12.0 Å². The highest BCUT2D eigenvalue weighted by Gasteiger charge is 2.46. The largest absolute Gasteiger partial charge is 0.481 e. The molecular formula is C22H28BrCl2NO5. The molecule has 0 saturated heterocycles. The van der Waals surface area contributed by atoms with Crippen LogP contribution in [0.3, 0.4) is 0 Å². The molecule has 1 aliphatic rings.